The van der Waals surface area contributed by atoms with Gasteiger partial charge in [0.1, 0.15) is 10.7 Å². The molecule has 0 aliphatic heterocycles. The number of anilines is 2. The SMILES string of the molecule is Cc1ccc(NS(=O)(=O)c2cc(N)ccc2Cl)nc1. The standard InChI is InChI=1S/C12H12ClN3O2S/c1-8-2-5-12(15-7-8)16-19(17,18)11-6-9(14)3-4-10(11)13/h2-7H,14H2,1H3,(H,15,16). The Morgan fingerprint density at radius 2 is 2.00 bits per heavy atom. The summed E-state index contributed by atoms with van der Waals surface area (Å²) in [6.45, 7) is 1.86. The van der Waals surface area contributed by atoms with Crippen LogP contribution < -0.4 is 10.5 Å². The van der Waals surface area contributed by atoms with Gasteiger partial charge >= 0.3 is 0 Å². The molecule has 0 aliphatic carbocycles. The minimum Gasteiger partial charge on any atom is -0.399 e. The topological polar surface area (TPSA) is 85.1 Å². The Morgan fingerprint density at radius 3 is 2.63 bits per heavy atom. The third kappa shape index (κ3) is 3.15. The van der Waals surface area contributed by atoms with Gasteiger partial charge < -0.3 is 5.73 Å². The summed E-state index contributed by atoms with van der Waals surface area (Å²) in [6.07, 6.45) is 1.57. The van der Waals surface area contributed by atoms with Crippen LogP contribution in [0, 0.1) is 6.92 Å². The Bertz CT molecular complexity index is 699. The number of sulfonamides is 1. The van der Waals surface area contributed by atoms with Crippen molar-refractivity contribution in [3.05, 3.63) is 47.1 Å². The molecule has 5 nitrogen and oxygen atoms in total. The Balaban J connectivity index is 2.37. The van der Waals surface area contributed by atoms with Crippen LogP contribution in [-0.2, 0) is 10.0 Å². The zero-order valence-electron chi connectivity index (χ0n) is 10.1. The molecular weight excluding hydrogens is 286 g/mol. The fraction of sp³-hybridized carbons (Fsp3) is 0.0833. The second-order valence-electron chi connectivity index (χ2n) is 4.02. The monoisotopic (exact) mass is 297 g/mol. The lowest BCUT2D eigenvalue weighted by Crippen LogP contribution is -2.14. The quantitative estimate of drug-likeness (QED) is 0.852. The van der Waals surface area contributed by atoms with Gasteiger partial charge in [0.2, 0.25) is 0 Å². The first-order valence-electron chi connectivity index (χ1n) is 5.39. The number of pyridine rings is 1. The molecular formula is C12H12ClN3O2S. The first-order chi connectivity index (χ1) is 8.88. The molecule has 0 atom stereocenters. The minimum absolute atomic E-state index is 0.0726. The van der Waals surface area contributed by atoms with Crippen LogP contribution in [0.5, 0.6) is 0 Å². The summed E-state index contributed by atoms with van der Waals surface area (Å²) in [6, 6.07) is 7.61. The molecule has 3 N–H and O–H groups in total. The molecule has 1 heterocycles. The van der Waals surface area contributed by atoms with Crippen LogP contribution in [-0.4, -0.2) is 13.4 Å². The number of rotatable bonds is 3. The van der Waals surface area contributed by atoms with Gasteiger partial charge in [-0.3, -0.25) is 4.72 Å². The van der Waals surface area contributed by atoms with Crippen LogP contribution in [0.4, 0.5) is 11.5 Å². The summed E-state index contributed by atoms with van der Waals surface area (Å²) in [4.78, 5) is 3.90. The number of aromatic nitrogens is 1. The van der Waals surface area contributed by atoms with Gasteiger partial charge in [0, 0.05) is 11.9 Å². The van der Waals surface area contributed by atoms with Gasteiger partial charge in [0.05, 0.1) is 5.02 Å². The number of nitrogens with two attached hydrogens (primary N) is 1. The lowest BCUT2D eigenvalue weighted by molar-refractivity contribution is 0.601. The van der Waals surface area contributed by atoms with Gasteiger partial charge in [0.25, 0.3) is 10.0 Å². The van der Waals surface area contributed by atoms with Crippen molar-refractivity contribution >= 4 is 33.1 Å². The highest BCUT2D eigenvalue weighted by molar-refractivity contribution is 7.92. The van der Waals surface area contributed by atoms with E-state index in [1.165, 1.54) is 18.2 Å². The zero-order valence-corrected chi connectivity index (χ0v) is 11.7. The van der Waals surface area contributed by atoms with Crippen LogP contribution in [0.15, 0.2) is 41.4 Å². The molecule has 0 bridgehead atoms. The van der Waals surface area contributed by atoms with E-state index < -0.39 is 10.0 Å². The van der Waals surface area contributed by atoms with Crippen molar-refractivity contribution < 1.29 is 8.42 Å². The summed E-state index contributed by atoms with van der Waals surface area (Å²) in [5.41, 5.74) is 6.83. The largest absolute Gasteiger partial charge is 0.399 e. The minimum atomic E-state index is -3.80. The lowest BCUT2D eigenvalue weighted by atomic mass is 10.3. The van der Waals surface area contributed by atoms with Gasteiger partial charge in [-0.2, -0.15) is 0 Å². The molecule has 1 aromatic heterocycles. The molecule has 0 amide bonds. The zero-order chi connectivity index (χ0) is 14.0. The van der Waals surface area contributed by atoms with Crippen LogP contribution in [0.2, 0.25) is 5.02 Å². The van der Waals surface area contributed by atoms with E-state index in [4.69, 9.17) is 17.3 Å². The lowest BCUT2D eigenvalue weighted by Gasteiger charge is -2.09. The van der Waals surface area contributed by atoms with Crippen LogP contribution in [0.25, 0.3) is 0 Å². The summed E-state index contributed by atoms with van der Waals surface area (Å²) >= 11 is 5.88. The van der Waals surface area contributed by atoms with Crippen molar-refractivity contribution in [2.24, 2.45) is 0 Å². The van der Waals surface area contributed by atoms with Crippen LogP contribution in [0.1, 0.15) is 5.56 Å². The molecule has 0 fully saturated rings. The van der Waals surface area contributed by atoms with Gasteiger partial charge in [-0.15, -0.1) is 0 Å². The summed E-state index contributed by atoms with van der Waals surface area (Å²) in [5.74, 6) is 0.226. The number of nitrogen functional groups attached to an aromatic ring is 1. The van der Waals surface area contributed by atoms with E-state index in [0.29, 0.717) is 5.69 Å². The Morgan fingerprint density at radius 1 is 1.26 bits per heavy atom. The maximum Gasteiger partial charge on any atom is 0.264 e. The van der Waals surface area contributed by atoms with Crippen molar-refractivity contribution in [2.75, 3.05) is 10.5 Å². The first kappa shape index (κ1) is 13.6. The fourth-order valence-corrected chi connectivity index (χ4v) is 2.99. The molecule has 0 saturated heterocycles. The Labute approximate surface area is 116 Å². The molecule has 0 aliphatic rings. The average Bonchev–Trinajstić information content (AvgIpc) is 2.35. The third-order valence-electron chi connectivity index (χ3n) is 2.40. The molecule has 0 spiro atoms. The number of hydrogen-bond acceptors (Lipinski definition) is 4. The van der Waals surface area contributed by atoms with E-state index in [-0.39, 0.29) is 15.7 Å². The highest BCUT2D eigenvalue weighted by Gasteiger charge is 2.18. The Hall–Kier alpha value is -1.79. The van der Waals surface area contributed by atoms with Crippen LogP contribution in [0.3, 0.4) is 0 Å². The van der Waals surface area contributed by atoms with Crippen molar-refractivity contribution in [3.8, 4) is 0 Å². The van der Waals surface area contributed by atoms with E-state index in [1.54, 1.807) is 18.3 Å². The van der Waals surface area contributed by atoms with Crippen molar-refractivity contribution in [2.45, 2.75) is 11.8 Å². The second kappa shape index (κ2) is 5.07. The average molecular weight is 298 g/mol. The predicted octanol–water partition coefficient (Wildman–Crippen LogP) is 2.43. The predicted molar refractivity (Wildman–Crippen MR) is 75.6 cm³/mol. The number of halogens is 1. The van der Waals surface area contributed by atoms with Crippen molar-refractivity contribution in [3.63, 3.8) is 0 Å². The molecule has 0 radical (unpaired) electrons. The number of benzene rings is 1. The highest BCUT2D eigenvalue weighted by Crippen LogP contribution is 2.25. The van der Waals surface area contributed by atoms with Crippen molar-refractivity contribution in [1.29, 1.82) is 0 Å². The maximum atomic E-state index is 12.2. The molecule has 2 aromatic rings. The summed E-state index contributed by atoms with van der Waals surface area (Å²) < 4.78 is 26.7. The van der Waals surface area contributed by atoms with E-state index in [9.17, 15) is 8.42 Å². The molecule has 7 heteroatoms. The smallest absolute Gasteiger partial charge is 0.264 e. The van der Waals surface area contributed by atoms with Crippen LogP contribution >= 0.6 is 11.6 Å². The van der Waals surface area contributed by atoms with E-state index in [2.05, 4.69) is 9.71 Å². The summed E-state index contributed by atoms with van der Waals surface area (Å²) in [5, 5.41) is 0.105. The van der Waals surface area contributed by atoms with Gasteiger partial charge in [-0.1, -0.05) is 17.7 Å². The molecule has 2 rings (SSSR count). The normalized spacial score (nSPS) is 11.3. The number of hydrogen-bond donors (Lipinski definition) is 2. The highest BCUT2D eigenvalue weighted by atomic mass is 35.5. The van der Waals surface area contributed by atoms with E-state index >= 15 is 0 Å². The number of nitrogens with one attached hydrogen (secondary N) is 1. The molecule has 0 unspecified atom stereocenters. The van der Waals surface area contributed by atoms with Crippen molar-refractivity contribution in [1.82, 2.24) is 4.98 Å². The number of nitrogens with zero attached hydrogens (tertiary/aromatic N) is 1. The van der Waals surface area contributed by atoms with Gasteiger partial charge in [-0.05, 0) is 36.8 Å². The summed E-state index contributed by atoms with van der Waals surface area (Å²) in [7, 11) is -3.80. The van der Waals surface area contributed by atoms with E-state index in [1.807, 2.05) is 6.92 Å². The van der Waals surface area contributed by atoms with Gasteiger partial charge in [-0.25, -0.2) is 13.4 Å². The second-order valence-corrected chi connectivity index (χ2v) is 6.07. The molecule has 19 heavy (non-hydrogen) atoms. The molecule has 1 aromatic carbocycles. The molecule has 0 saturated carbocycles. The number of aryl methyl sites for hydroxylation is 1. The fourth-order valence-electron chi connectivity index (χ4n) is 1.45. The maximum absolute atomic E-state index is 12.2. The third-order valence-corrected chi connectivity index (χ3v) is 4.23. The van der Waals surface area contributed by atoms with Gasteiger partial charge in [0.15, 0.2) is 0 Å². The Kier molecular flexibility index (Phi) is 3.64. The first-order valence-corrected chi connectivity index (χ1v) is 7.25. The van der Waals surface area contributed by atoms with E-state index in [0.717, 1.165) is 5.56 Å². The molecule has 100 valence electrons.